The quantitative estimate of drug-likeness (QED) is 0.674. The van der Waals surface area contributed by atoms with Crippen molar-refractivity contribution >= 4 is 12.4 Å². The van der Waals surface area contributed by atoms with Crippen molar-refractivity contribution in [3.05, 3.63) is 57.5 Å². The van der Waals surface area contributed by atoms with Crippen LogP contribution in [0.4, 0.5) is 0 Å². The number of carboxylic acid groups (broad SMARTS) is 1. The molecular formula is C23H31N5O5. The van der Waals surface area contributed by atoms with E-state index in [1.165, 1.54) is 0 Å². The van der Waals surface area contributed by atoms with Crippen molar-refractivity contribution in [1.29, 1.82) is 0 Å². The molecule has 4 rings (SSSR count). The summed E-state index contributed by atoms with van der Waals surface area (Å²) in [6, 6.07) is 2.32. The largest absolute Gasteiger partial charge is 0.483 e. The smallest absolute Gasteiger partial charge is 0.290 e. The number of hydrogen-bond acceptors (Lipinski definition) is 7. The van der Waals surface area contributed by atoms with Crippen molar-refractivity contribution in [2.75, 3.05) is 39.4 Å². The first kappa shape index (κ1) is 24.5. The van der Waals surface area contributed by atoms with Crippen LogP contribution in [0.15, 0.2) is 29.5 Å². The minimum Gasteiger partial charge on any atom is -0.483 e. The number of hydrogen-bond donors (Lipinski definition) is 1. The number of carbonyl (C=O) groups excluding carboxylic acids is 1. The van der Waals surface area contributed by atoms with Crippen LogP contribution in [0, 0.1) is 13.8 Å². The van der Waals surface area contributed by atoms with Gasteiger partial charge in [-0.3, -0.25) is 29.3 Å². The molecule has 2 fully saturated rings. The summed E-state index contributed by atoms with van der Waals surface area (Å²) in [5.41, 5.74) is 2.23. The summed E-state index contributed by atoms with van der Waals surface area (Å²) in [6.07, 6.45) is 6.94. The van der Waals surface area contributed by atoms with Crippen molar-refractivity contribution in [3.8, 4) is 0 Å². The molecule has 1 N–H and O–H groups in total. The summed E-state index contributed by atoms with van der Waals surface area (Å²) < 4.78 is 6.98. The van der Waals surface area contributed by atoms with E-state index in [1.54, 1.807) is 23.2 Å². The molecule has 1 amide bonds. The zero-order chi connectivity index (χ0) is 23.8. The van der Waals surface area contributed by atoms with Gasteiger partial charge in [0.2, 0.25) is 0 Å². The highest BCUT2D eigenvalue weighted by atomic mass is 16.5. The third-order valence-corrected chi connectivity index (χ3v) is 6.07. The van der Waals surface area contributed by atoms with Gasteiger partial charge in [-0.1, -0.05) is 0 Å². The Morgan fingerprint density at radius 3 is 2.42 bits per heavy atom. The first-order valence-corrected chi connectivity index (χ1v) is 11.1. The minimum atomic E-state index is -0.266. The molecule has 0 atom stereocenters. The van der Waals surface area contributed by atoms with Crippen LogP contribution < -0.4 is 5.56 Å². The van der Waals surface area contributed by atoms with E-state index < -0.39 is 0 Å². The number of piperidine rings is 1. The molecule has 2 aromatic heterocycles. The molecule has 178 valence electrons. The van der Waals surface area contributed by atoms with Gasteiger partial charge in [-0.2, -0.15) is 0 Å². The lowest BCUT2D eigenvalue weighted by Gasteiger charge is -2.40. The van der Waals surface area contributed by atoms with Crippen LogP contribution in [0.25, 0.3) is 0 Å². The molecule has 2 aliphatic rings. The fourth-order valence-corrected chi connectivity index (χ4v) is 4.26. The zero-order valence-corrected chi connectivity index (χ0v) is 19.1. The third kappa shape index (κ3) is 6.23. The molecule has 4 heterocycles. The van der Waals surface area contributed by atoms with Crippen LogP contribution in [-0.4, -0.2) is 87.3 Å². The van der Waals surface area contributed by atoms with Gasteiger partial charge in [0, 0.05) is 44.6 Å². The van der Waals surface area contributed by atoms with E-state index in [2.05, 4.69) is 14.9 Å². The number of ether oxygens (including phenoxy) is 1. The molecule has 10 heteroatoms. The summed E-state index contributed by atoms with van der Waals surface area (Å²) >= 11 is 0. The van der Waals surface area contributed by atoms with E-state index in [-0.39, 0.29) is 23.5 Å². The highest BCUT2D eigenvalue weighted by Gasteiger charge is 2.30. The van der Waals surface area contributed by atoms with Gasteiger partial charge in [0.25, 0.3) is 17.9 Å². The van der Waals surface area contributed by atoms with E-state index in [4.69, 9.17) is 14.6 Å². The fourth-order valence-electron chi connectivity index (χ4n) is 4.26. The molecule has 0 radical (unpaired) electrons. The van der Waals surface area contributed by atoms with E-state index in [0.29, 0.717) is 36.9 Å². The van der Waals surface area contributed by atoms with Gasteiger partial charge in [0.15, 0.2) is 0 Å². The van der Waals surface area contributed by atoms with Crippen LogP contribution in [0.2, 0.25) is 0 Å². The topological polar surface area (TPSA) is 118 Å². The summed E-state index contributed by atoms with van der Waals surface area (Å²) in [6.45, 7) is 8.59. The molecule has 2 aliphatic heterocycles. The maximum atomic E-state index is 13.2. The predicted molar refractivity (Wildman–Crippen MR) is 121 cm³/mol. The Morgan fingerprint density at radius 2 is 1.82 bits per heavy atom. The highest BCUT2D eigenvalue weighted by molar-refractivity contribution is 5.95. The summed E-state index contributed by atoms with van der Waals surface area (Å²) in [5, 5.41) is 6.89. The second-order valence-corrected chi connectivity index (χ2v) is 8.23. The number of rotatable bonds is 4. The predicted octanol–water partition coefficient (Wildman–Crippen LogP) is 0.941. The van der Waals surface area contributed by atoms with E-state index >= 15 is 0 Å². The first-order valence-electron chi connectivity index (χ1n) is 11.1. The highest BCUT2D eigenvalue weighted by Crippen LogP contribution is 2.19. The number of nitrogens with zero attached hydrogens (tertiary/aromatic N) is 5. The Kier molecular flexibility index (Phi) is 8.67. The van der Waals surface area contributed by atoms with Crippen LogP contribution in [-0.2, 0) is 16.1 Å². The molecule has 2 aromatic rings. The van der Waals surface area contributed by atoms with Gasteiger partial charge in [0.05, 0.1) is 37.3 Å². The number of carbonyl (C=O) groups is 2. The van der Waals surface area contributed by atoms with Gasteiger partial charge >= 0.3 is 0 Å². The normalized spacial score (nSPS) is 17.2. The van der Waals surface area contributed by atoms with Crippen molar-refractivity contribution in [2.24, 2.45) is 0 Å². The standard InChI is InChI=1S/C22H29N5O3.CH2O2/c1-16-3-6-27(15-18-14-23-17(2)13-24-18)22(29)20(16)21(28)26-7-4-19(5-8-26)25-9-11-30-12-10-25;2-1-3/h3,6,13-14,19H,4-5,7-12,15H2,1-2H3;1H,(H,2,3). The van der Waals surface area contributed by atoms with Crippen LogP contribution in [0.5, 0.6) is 0 Å². The van der Waals surface area contributed by atoms with Crippen molar-refractivity contribution < 1.29 is 19.4 Å². The molecule has 0 unspecified atom stereocenters. The van der Waals surface area contributed by atoms with Gasteiger partial charge in [-0.05, 0) is 38.3 Å². The lowest BCUT2D eigenvalue weighted by molar-refractivity contribution is -0.122. The number of aryl methyl sites for hydroxylation is 2. The molecule has 0 spiro atoms. The second-order valence-electron chi connectivity index (χ2n) is 8.23. The zero-order valence-electron chi connectivity index (χ0n) is 19.1. The molecule has 33 heavy (non-hydrogen) atoms. The summed E-state index contributed by atoms with van der Waals surface area (Å²) in [4.78, 5) is 47.5. The van der Waals surface area contributed by atoms with Crippen LogP contribution in [0.3, 0.4) is 0 Å². The summed E-state index contributed by atoms with van der Waals surface area (Å²) in [7, 11) is 0. The Hall–Kier alpha value is -3.11. The molecular weight excluding hydrogens is 426 g/mol. The third-order valence-electron chi connectivity index (χ3n) is 6.07. The van der Waals surface area contributed by atoms with Crippen LogP contribution >= 0.6 is 0 Å². The maximum absolute atomic E-state index is 13.2. The van der Waals surface area contributed by atoms with E-state index in [9.17, 15) is 9.59 Å². The fraction of sp³-hybridized carbons (Fsp3) is 0.522. The maximum Gasteiger partial charge on any atom is 0.290 e. The lowest BCUT2D eigenvalue weighted by Crippen LogP contribution is -2.50. The van der Waals surface area contributed by atoms with Gasteiger partial charge in [0.1, 0.15) is 5.56 Å². The SMILES string of the molecule is Cc1cnc(Cn2ccc(C)c(C(=O)N3CCC(N4CCOCC4)CC3)c2=O)cn1.O=CO. The average molecular weight is 458 g/mol. The Labute approximate surface area is 192 Å². The monoisotopic (exact) mass is 457 g/mol. The number of morpholine rings is 1. The molecule has 10 nitrogen and oxygen atoms in total. The van der Waals surface area contributed by atoms with Crippen molar-refractivity contribution in [1.82, 2.24) is 24.3 Å². The summed E-state index contributed by atoms with van der Waals surface area (Å²) in [5.74, 6) is -0.165. The molecule has 0 saturated carbocycles. The molecule has 0 aromatic carbocycles. The molecule has 0 aliphatic carbocycles. The Balaban J connectivity index is 0.000000968. The molecule has 0 bridgehead atoms. The lowest BCUT2D eigenvalue weighted by atomic mass is 10.0. The van der Waals surface area contributed by atoms with Gasteiger partial charge in [-0.15, -0.1) is 0 Å². The molecule has 2 saturated heterocycles. The first-order chi connectivity index (χ1) is 15.9. The van der Waals surface area contributed by atoms with Crippen LogP contribution in [0.1, 0.15) is 40.2 Å². The van der Waals surface area contributed by atoms with E-state index in [0.717, 1.165) is 44.8 Å². The van der Waals surface area contributed by atoms with Crippen molar-refractivity contribution in [3.63, 3.8) is 0 Å². The minimum absolute atomic E-state index is 0.165. The van der Waals surface area contributed by atoms with Gasteiger partial charge in [-0.25, -0.2) is 0 Å². The van der Waals surface area contributed by atoms with Crippen molar-refractivity contribution in [2.45, 2.75) is 39.3 Å². The van der Waals surface area contributed by atoms with Gasteiger partial charge < -0.3 is 19.3 Å². The number of aromatic nitrogens is 3. The number of likely N-dealkylation sites (tertiary alicyclic amines) is 1. The number of pyridine rings is 1. The average Bonchev–Trinajstić information content (AvgIpc) is 2.83. The number of amides is 1. The Bertz CT molecular complexity index is 993. The Morgan fingerprint density at radius 1 is 1.15 bits per heavy atom. The van der Waals surface area contributed by atoms with E-state index in [1.807, 2.05) is 24.8 Å². The second kappa shape index (κ2) is 11.7.